The van der Waals surface area contributed by atoms with Crippen molar-refractivity contribution in [2.75, 3.05) is 18.4 Å². The van der Waals surface area contributed by atoms with Gasteiger partial charge in [-0.1, -0.05) is 54.6 Å². The molecule has 3 aromatic rings. The number of carbonyl (C=O) groups is 2. The number of anilines is 1. The molecule has 5 nitrogen and oxygen atoms in total. The molecule has 1 saturated heterocycles. The molecule has 0 radical (unpaired) electrons. The van der Waals surface area contributed by atoms with Gasteiger partial charge in [0.15, 0.2) is 0 Å². The highest BCUT2D eigenvalue weighted by Gasteiger charge is 2.27. The molecule has 0 saturated carbocycles. The third kappa shape index (κ3) is 5.17. The van der Waals surface area contributed by atoms with Crippen molar-refractivity contribution in [1.82, 2.24) is 10.2 Å². The van der Waals surface area contributed by atoms with Crippen molar-refractivity contribution >= 4 is 28.3 Å². The van der Waals surface area contributed by atoms with Gasteiger partial charge >= 0.3 is 0 Å². The molecule has 0 spiro atoms. The zero-order valence-electron chi connectivity index (χ0n) is 18.8. The monoisotopic (exact) mass is 429 g/mol. The summed E-state index contributed by atoms with van der Waals surface area (Å²) < 4.78 is 0. The molecule has 166 valence electrons. The van der Waals surface area contributed by atoms with Crippen LogP contribution in [0.25, 0.3) is 10.8 Å². The highest BCUT2D eigenvalue weighted by molar-refractivity contribution is 6.04. The van der Waals surface area contributed by atoms with Crippen molar-refractivity contribution < 1.29 is 9.59 Å². The van der Waals surface area contributed by atoms with Gasteiger partial charge in [-0.3, -0.25) is 14.5 Å². The van der Waals surface area contributed by atoms with Crippen LogP contribution in [0.1, 0.15) is 42.6 Å². The number of nitrogens with zero attached hydrogens (tertiary/aromatic N) is 1. The minimum atomic E-state index is -0.169. The Bertz CT molecular complexity index is 1100. The first-order valence-electron chi connectivity index (χ1n) is 11.4. The van der Waals surface area contributed by atoms with Gasteiger partial charge in [-0.25, -0.2) is 0 Å². The zero-order valence-corrected chi connectivity index (χ0v) is 18.8. The van der Waals surface area contributed by atoms with Crippen LogP contribution in [0.2, 0.25) is 0 Å². The molecular weight excluding hydrogens is 398 g/mol. The predicted molar refractivity (Wildman–Crippen MR) is 130 cm³/mol. The maximum Gasteiger partial charge on any atom is 0.253 e. The number of benzene rings is 3. The van der Waals surface area contributed by atoms with E-state index in [9.17, 15) is 9.59 Å². The van der Waals surface area contributed by atoms with Crippen molar-refractivity contribution in [1.29, 1.82) is 0 Å². The molecule has 1 atom stereocenters. The van der Waals surface area contributed by atoms with E-state index in [1.165, 1.54) is 16.3 Å². The Morgan fingerprint density at radius 3 is 2.59 bits per heavy atom. The Labute approximate surface area is 189 Å². The number of para-hydroxylation sites is 1. The quantitative estimate of drug-likeness (QED) is 0.590. The summed E-state index contributed by atoms with van der Waals surface area (Å²) in [5.74, 6) is -0.283. The third-order valence-corrected chi connectivity index (χ3v) is 6.00. The van der Waals surface area contributed by atoms with Crippen molar-refractivity contribution in [2.45, 2.75) is 39.3 Å². The van der Waals surface area contributed by atoms with Crippen LogP contribution in [0.15, 0.2) is 66.7 Å². The van der Waals surface area contributed by atoms with Crippen LogP contribution in [0.4, 0.5) is 5.69 Å². The van der Waals surface area contributed by atoms with Crippen molar-refractivity contribution in [3.8, 4) is 0 Å². The van der Waals surface area contributed by atoms with Gasteiger partial charge in [-0.2, -0.15) is 0 Å². The molecule has 0 bridgehead atoms. The molecule has 0 aromatic heterocycles. The maximum atomic E-state index is 13.1. The van der Waals surface area contributed by atoms with E-state index in [0.717, 1.165) is 32.5 Å². The topological polar surface area (TPSA) is 61.4 Å². The molecule has 4 rings (SSSR count). The Hall–Kier alpha value is -3.18. The average Bonchev–Trinajstić information content (AvgIpc) is 2.79. The smallest absolute Gasteiger partial charge is 0.253 e. The average molecular weight is 430 g/mol. The number of hydrogen-bond acceptors (Lipinski definition) is 3. The van der Waals surface area contributed by atoms with Gasteiger partial charge in [-0.05, 0) is 61.7 Å². The third-order valence-electron chi connectivity index (χ3n) is 6.00. The van der Waals surface area contributed by atoms with Crippen LogP contribution >= 0.6 is 0 Å². The Morgan fingerprint density at radius 2 is 1.75 bits per heavy atom. The number of fused-ring (bicyclic) bond motifs is 1. The summed E-state index contributed by atoms with van der Waals surface area (Å²) in [6.45, 7) is 6.38. The van der Waals surface area contributed by atoms with Crippen LogP contribution in [-0.2, 0) is 11.3 Å². The highest BCUT2D eigenvalue weighted by atomic mass is 16.2. The van der Waals surface area contributed by atoms with Crippen molar-refractivity contribution in [3.63, 3.8) is 0 Å². The van der Waals surface area contributed by atoms with Crippen LogP contribution in [0, 0.1) is 5.92 Å². The molecule has 1 heterocycles. The van der Waals surface area contributed by atoms with Gasteiger partial charge in [-0.15, -0.1) is 0 Å². The molecule has 2 amide bonds. The van der Waals surface area contributed by atoms with Crippen LogP contribution in [0.5, 0.6) is 0 Å². The Kier molecular flexibility index (Phi) is 6.86. The van der Waals surface area contributed by atoms with Crippen LogP contribution < -0.4 is 10.6 Å². The fourth-order valence-electron chi connectivity index (χ4n) is 4.45. The number of piperidine rings is 1. The van der Waals surface area contributed by atoms with E-state index >= 15 is 0 Å². The fraction of sp³-hybridized carbons (Fsp3) is 0.333. The molecule has 3 aromatic carbocycles. The Morgan fingerprint density at radius 1 is 1.00 bits per heavy atom. The number of carbonyl (C=O) groups excluding carboxylic acids is 2. The molecule has 1 unspecified atom stereocenters. The van der Waals surface area contributed by atoms with E-state index in [1.54, 1.807) is 12.1 Å². The zero-order chi connectivity index (χ0) is 22.5. The lowest BCUT2D eigenvalue weighted by Gasteiger charge is -2.32. The van der Waals surface area contributed by atoms with Crippen molar-refractivity contribution in [2.24, 2.45) is 5.92 Å². The lowest BCUT2D eigenvalue weighted by molar-refractivity contribution is -0.121. The second kappa shape index (κ2) is 9.96. The van der Waals surface area contributed by atoms with E-state index in [2.05, 4.69) is 58.0 Å². The first-order chi connectivity index (χ1) is 15.5. The van der Waals surface area contributed by atoms with Gasteiger partial charge in [0.1, 0.15) is 0 Å². The molecule has 32 heavy (non-hydrogen) atoms. The first kappa shape index (κ1) is 22.0. The minimum Gasteiger partial charge on any atom is -0.350 e. The van der Waals surface area contributed by atoms with E-state index in [0.29, 0.717) is 11.3 Å². The van der Waals surface area contributed by atoms with Gasteiger partial charge in [0.05, 0.1) is 17.2 Å². The summed E-state index contributed by atoms with van der Waals surface area (Å²) in [4.78, 5) is 28.0. The lowest BCUT2D eigenvalue weighted by Crippen LogP contribution is -2.40. The number of likely N-dealkylation sites (tertiary alicyclic amines) is 1. The van der Waals surface area contributed by atoms with E-state index in [1.807, 2.05) is 26.0 Å². The second-order valence-electron chi connectivity index (χ2n) is 8.88. The summed E-state index contributed by atoms with van der Waals surface area (Å²) in [7, 11) is 0. The molecule has 1 aliphatic rings. The van der Waals surface area contributed by atoms with Gasteiger partial charge in [0, 0.05) is 19.1 Å². The maximum absolute atomic E-state index is 13.1. The summed E-state index contributed by atoms with van der Waals surface area (Å²) in [6, 6.07) is 22.1. The molecule has 5 heteroatoms. The van der Waals surface area contributed by atoms with E-state index in [4.69, 9.17) is 0 Å². The normalized spacial score (nSPS) is 16.8. The lowest BCUT2D eigenvalue weighted by atomic mass is 9.95. The number of rotatable bonds is 6. The number of amides is 2. The summed E-state index contributed by atoms with van der Waals surface area (Å²) in [6.07, 6.45) is 1.84. The first-order valence-corrected chi connectivity index (χ1v) is 11.4. The molecule has 2 N–H and O–H groups in total. The number of hydrogen-bond donors (Lipinski definition) is 2. The SMILES string of the molecule is CC(C)NC(=O)c1ccccc1NC(=O)C1CCCN(Cc2cccc3ccccc23)C1. The van der Waals surface area contributed by atoms with Crippen LogP contribution in [0.3, 0.4) is 0 Å². The second-order valence-corrected chi connectivity index (χ2v) is 8.88. The molecule has 1 aliphatic heterocycles. The van der Waals surface area contributed by atoms with Crippen LogP contribution in [-0.4, -0.2) is 35.8 Å². The minimum absolute atomic E-state index is 0.0163. The summed E-state index contributed by atoms with van der Waals surface area (Å²) >= 11 is 0. The fourth-order valence-corrected chi connectivity index (χ4v) is 4.45. The van der Waals surface area contributed by atoms with Gasteiger partial charge < -0.3 is 10.6 Å². The van der Waals surface area contributed by atoms with E-state index < -0.39 is 0 Å². The molecular formula is C27H31N3O2. The highest BCUT2D eigenvalue weighted by Crippen LogP contribution is 2.25. The van der Waals surface area contributed by atoms with Gasteiger partial charge in [0.25, 0.3) is 5.91 Å². The summed E-state index contributed by atoms with van der Waals surface area (Å²) in [5.41, 5.74) is 2.36. The predicted octanol–water partition coefficient (Wildman–Crippen LogP) is 4.83. The molecule has 1 fully saturated rings. The Balaban J connectivity index is 1.44. The summed E-state index contributed by atoms with van der Waals surface area (Å²) in [5, 5.41) is 8.44. The largest absolute Gasteiger partial charge is 0.350 e. The van der Waals surface area contributed by atoms with Gasteiger partial charge in [0.2, 0.25) is 5.91 Å². The number of nitrogens with one attached hydrogen (secondary N) is 2. The van der Waals surface area contributed by atoms with Crippen molar-refractivity contribution in [3.05, 3.63) is 77.9 Å². The molecule has 0 aliphatic carbocycles. The standard InChI is InChI=1S/C27H31N3O2/c1-19(2)28-27(32)24-14-5-6-15-25(24)29-26(31)22-12-8-16-30(18-22)17-21-11-7-10-20-9-3-4-13-23(20)21/h3-7,9-11,13-15,19,22H,8,12,16-18H2,1-2H3,(H,28,32)(H,29,31). The van der Waals surface area contributed by atoms with E-state index in [-0.39, 0.29) is 23.8 Å².